The summed E-state index contributed by atoms with van der Waals surface area (Å²) in [5, 5.41) is 2.95. The van der Waals surface area contributed by atoms with Crippen molar-refractivity contribution in [2.45, 2.75) is 24.2 Å². The number of hydrogen-bond acceptors (Lipinski definition) is 5. The molecular formula is C22H27N3O4S. The summed E-state index contributed by atoms with van der Waals surface area (Å²) in [6.07, 6.45) is 2.80. The molecule has 2 aliphatic heterocycles. The van der Waals surface area contributed by atoms with Crippen molar-refractivity contribution in [3.63, 3.8) is 0 Å². The molecule has 0 atom stereocenters. The van der Waals surface area contributed by atoms with Gasteiger partial charge in [-0.2, -0.15) is 4.31 Å². The number of piperidine rings is 1. The first-order valence-electron chi connectivity index (χ1n) is 10.4. The summed E-state index contributed by atoms with van der Waals surface area (Å²) in [5.74, 6) is -0.327. The van der Waals surface area contributed by atoms with E-state index in [0.29, 0.717) is 37.6 Å². The highest BCUT2D eigenvalue weighted by molar-refractivity contribution is 7.89. The van der Waals surface area contributed by atoms with Gasteiger partial charge < -0.3 is 15.0 Å². The zero-order valence-corrected chi connectivity index (χ0v) is 17.7. The number of sulfonamides is 1. The number of amides is 1. The smallest absolute Gasteiger partial charge is 0.255 e. The summed E-state index contributed by atoms with van der Waals surface area (Å²) in [6.45, 7) is 3.89. The minimum Gasteiger partial charge on any atom is -0.378 e. The van der Waals surface area contributed by atoms with Crippen molar-refractivity contribution >= 4 is 27.3 Å². The Morgan fingerprint density at radius 2 is 1.63 bits per heavy atom. The molecule has 2 fully saturated rings. The number of ether oxygens (including phenoxy) is 1. The van der Waals surface area contributed by atoms with Gasteiger partial charge in [0, 0.05) is 31.7 Å². The quantitative estimate of drug-likeness (QED) is 0.791. The van der Waals surface area contributed by atoms with Crippen molar-refractivity contribution in [1.29, 1.82) is 0 Å². The van der Waals surface area contributed by atoms with E-state index in [1.165, 1.54) is 10.4 Å². The lowest BCUT2D eigenvalue weighted by atomic mass is 10.2. The Labute approximate surface area is 177 Å². The molecule has 0 saturated carbocycles. The highest BCUT2D eigenvalue weighted by Gasteiger charge is 2.26. The van der Waals surface area contributed by atoms with Gasteiger partial charge in [-0.05, 0) is 43.2 Å². The fraction of sp³-hybridized carbons (Fsp3) is 0.409. The highest BCUT2D eigenvalue weighted by Crippen LogP contribution is 2.27. The van der Waals surface area contributed by atoms with Gasteiger partial charge in [0.25, 0.3) is 5.91 Å². The largest absolute Gasteiger partial charge is 0.378 e. The van der Waals surface area contributed by atoms with E-state index in [9.17, 15) is 13.2 Å². The molecule has 2 aromatic rings. The molecule has 0 aliphatic carbocycles. The van der Waals surface area contributed by atoms with E-state index < -0.39 is 10.0 Å². The number of carbonyl (C=O) groups is 1. The van der Waals surface area contributed by atoms with Gasteiger partial charge in [0.1, 0.15) is 0 Å². The maximum absolute atomic E-state index is 13.0. The molecule has 4 rings (SSSR count). The molecule has 2 saturated heterocycles. The number of hydrogen-bond donors (Lipinski definition) is 1. The number of rotatable bonds is 5. The van der Waals surface area contributed by atoms with Gasteiger partial charge in [-0.25, -0.2) is 8.42 Å². The average Bonchev–Trinajstić information content (AvgIpc) is 2.80. The molecule has 30 heavy (non-hydrogen) atoms. The van der Waals surface area contributed by atoms with Crippen LogP contribution < -0.4 is 10.2 Å². The maximum Gasteiger partial charge on any atom is 0.255 e. The Balaban J connectivity index is 1.54. The summed E-state index contributed by atoms with van der Waals surface area (Å²) >= 11 is 0. The van der Waals surface area contributed by atoms with Crippen molar-refractivity contribution in [2.75, 3.05) is 49.6 Å². The molecule has 0 spiro atoms. The van der Waals surface area contributed by atoms with Crippen LogP contribution in [0.2, 0.25) is 0 Å². The SMILES string of the molecule is O=C(Nc1ccccc1N1CCOCC1)c1cccc(S(=O)(=O)N2CCCCC2)c1. The van der Waals surface area contributed by atoms with Crippen LogP contribution in [0, 0.1) is 0 Å². The molecule has 1 amide bonds. The first-order chi connectivity index (χ1) is 14.6. The van der Waals surface area contributed by atoms with E-state index in [-0.39, 0.29) is 10.8 Å². The molecule has 2 heterocycles. The molecule has 1 N–H and O–H groups in total. The van der Waals surface area contributed by atoms with Crippen LogP contribution in [0.5, 0.6) is 0 Å². The first-order valence-corrected chi connectivity index (χ1v) is 11.8. The lowest BCUT2D eigenvalue weighted by Crippen LogP contribution is -2.36. The summed E-state index contributed by atoms with van der Waals surface area (Å²) < 4.78 is 32.8. The number of para-hydroxylation sites is 2. The van der Waals surface area contributed by atoms with Crippen LogP contribution in [0.25, 0.3) is 0 Å². The summed E-state index contributed by atoms with van der Waals surface area (Å²) in [4.78, 5) is 15.3. The number of carbonyl (C=O) groups excluding carboxylic acids is 1. The minimum atomic E-state index is -3.58. The molecule has 8 heteroatoms. The zero-order chi connectivity index (χ0) is 21.0. The predicted octanol–water partition coefficient (Wildman–Crippen LogP) is 2.95. The number of nitrogens with zero attached hydrogens (tertiary/aromatic N) is 2. The average molecular weight is 430 g/mol. The Morgan fingerprint density at radius 1 is 0.900 bits per heavy atom. The number of benzene rings is 2. The Hall–Kier alpha value is -2.42. The molecule has 7 nitrogen and oxygen atoms in total. The van der Waals surface area contributed by atoms with Crippen molar-refractivity contribution in [2.24, 2.45) is 0 Å². The van der Waals surface area contributed by atoms with E-state index >= 15 is 0 Å². The third-order valence-electron chi connectivity index (χ3n) is 5.55. The maximum atomic E-state index is 13.0. The van der Waals surface area contributed by atoms with Gasteiger partial charge in [-0.3, -0.25) is 4.79 Å². The third kappa shape index (κ3) is 4.50. The van der Waals surface area contributed by atoms with E-state index in [1.54, 1.807) is 18.2 Å². The van der Waals surface area contributed by atoms with Crippen LogP contribution in [0.4, 0.5) is 11.4 Å². The van der Waals surface area contributed by atoms with Crippen LogP contribution in [0.3, 0.4) is 0 Å². The minimum absolute atomic E-state index is 0.165. The van der Waals surface area contributed by atoms with Gasteiger partial charge in [0.15, 0.2) is 0 Å². The fourth-order valence-electron chi connectivity index (χ4n) is 3.91. The second kappa shape index (κ2) is 9.16. The van der Waals surface area contributed by atoms with E-state index in [0.717, 1.165) is 38.0 Å². The van der Waals surface area contributed by atoms with E-state index in [1.807, 2.05) is 24.3 Å². The third-order valence-corrected chi connectivity index (χ3v) is 7.45. The number of anilines is 2. The van der Waals surface area contributed by atoms with Crippen molar-refractivity contribution in [3.05, 3.63) is 54.1 Å². The van der Waals surface area contributed by atoms with Crippen LogP contribution in [-0.4, -0.2) is 58.0 Å². The van der Waals surface area contributed by atoms with Crippen LogP contribution in [0.1, 0.15) is 29.6 Å². The first kappa shape index (κ1) is 20.8. The normalized spacial score (nSPS) is 18.2. The standard InChI is InChI=1S/C22H27N3O4S/c26-22(23-20-9-2-3-10-21(20)24-13-15-29-16-14-24)18-7-6-8-19(17-18)30(27,28)25-11-4-1-5-12-25/h2-3,6-10,17H,1,4-5,11-16H2,(H,23,26). The van der Waals surface area contributed by atoms with E-state index in [4.69, 9.17) is 4.74 Å². The Bertz CT molecular complexity index is 997. The van der Waals surface area contributed by atoms with Gasteiger partial charge in [0.2, 0.25) is 10.0 Å². The zero-order valence-electron chi connectivity index (χ0n) is 16.9. The van der Waals surface area contributed by atoms with Gasteiger partial charge in [0.05, 0.1) is 29.5 Å². The van der Waals surface area contributed by atoms with Crippen LogP contribution in [-0.2, 0) is 14.8 Å². The summed E-state index contributed by atoms with van der Waals surface area (Å²) in [5.41, 5.74) is 1.96. The van der Waals surface area contributed by atoms with Gasteiger partial charge in [-0.1, -0.05) is 24.6 Å². The van der Waals surface area contributed by atoms with Crippen molar-refractivity contribution < 1.29 is 17.9 Å². The second-order valence-corrected chi connectivity index (χ2v) is 9.50. The predicted molar refractivity (Wildman–Crippen MR) is 116 cm³/mol. The van der Waals surface area contributed by atoms with Crippen molar-refractivity contribution in [1.82, 2.24) is 4.31 Å². The number of nitrogens with one attached hydrogen (secondary N) is 1. The molecule has 0 radical (unpaired) electrons. The molecule has 160 valence electrons. The number of morpholine rings is 1. The topological polar surface area (TPSA) is 79.0 Å². The summed E-state index contributed by atoms with van der Waals surface area (Å²) in [7, 11) is -3.58. The molecular weight excluding hydrogens is 402 g/mol. The Morgan fingerprint density at radius 3 is 2.40 bits per heavy atom. The fourth-order valence-corrected chi connectivity index (χ4v) is 5.47. The second-order valence-electron chi connectivity index (χ2n) is 7.56. The molecule has 0 aromatic heterocycles. The van der Waals surface area contributed by atoms with Crippen molar-refractivity contribution in [3.8, 4) is 0 Å². The lowest BCUT2D eigenvalue weighted by Gasteiger charge is -2.30. The highest BCUT2D eigenvalue weighted by atomic mass is 32.2. The molecule has 2 aliphatic rings. The molecule has 0 unspecified atom stereocenters. The Kier molecular flexibility index (Phi) is 6.36. The van der Waals surface area contributed by atoms with Gasteiger partial charge >= 0.3 is 0 Å². The summed E-state index contributed by atoms with van der Waals surface area (Å²) in [6, 6.07) is 13.9. The monoisotopic (exact) mass is 429 g/mol. The van der Waals surface area contributed by atoms with E-state index in [2.05, 4.69) is 10.2 Å². The molecule has 2 aromatic carbocycles. The van der Waals surface area contributed by atoms with Crippen LogP contribution >= 0.6 is 0 Å². The van der Waals surface area contributed by atoms with Gasteiger partial charge in [-0.15, -0.1) is 0 Å². The van der Waals surface area contributed by atoms with Crippen LogP contribution in [0.15, 0.2) is 53.4 Å². The molecule has 0 bridgehead atoms. The lowest BCUT2D eigenvalue weighted by molar-refractivity contribution is 0.102.